The number of anilines is 3. The van der Waals surface area contributed by atoms with Crippen LogP contribution in [-0.4, -0.2) is 42.2 Å². The summed E-state index contributed by atoms with van der Waals surface area (Å²) >= 11 is 0. The molecule has 0 saturated heterocycles. The van der Waals surface area contributed by atoms with E-state index in [0.29, 0.717) is 0 Å². The van der Waals surface area contributed by atoms with Crippen molar-refractivity contribution in [2.75, 3.05) is 37.0 Å². The van der Waals surface area contributed by atoms with Crippen LogP contribution in [0.15, 0.2) is 66.7 Å². The molecular formula is C24H21F3N4O7. The summed E-state index contributed by atoms with van der Waals surface area (Å²) in [5, 5.41) is 27.5. The van der Waals surface area contributed by atoms with Crippen LogP contribution in [0, 0.1) is 20.2 Å². The van der Waals surface area contributed by atoms with Gasteiger partial charge in [0.1, 0.15) is 12.3 Å². The number of nitro groups is 2. The minimum absolute atomic E-state index is 0.000994. The van der Waals surface area contributed by atoms with Gasteiger partial charge in [0.2, 0.25) is 0 Å². The molecule has 0 aliphatic carbocycles. The molecule has 0 bridgehead atoms. The number of para-hydroxylation sites is 1. The van der Waals surface area contributed by atoms with Gasteiger partial charge in [-0.3, -0.25) is 20.2 Å². The van der Waals surface area contributed by atoms with Gasteiger partial charge in [0.05, 0.1) is 45.9 Å². The number of halogens is 3. The van der Waals surface area contributed by atoms with Gasteiger partial charge in [-0.1, -0.05) is 18.2 Å². The summed E-state index contributed by atoms with van der Waals surface area (Å²) in [5.74, 6) is -0.719. The van der Waals surface area contributed by atoms with E-state index in [0.717, 1.165) is 24.3 Å². The third-order valence-electron chi connectivity index (χ3n) is 5.03. The molecule has 0 heterocycles. The van der Waals surface area contributed by atoms with Crippen molar-refractivity contribution >= 4 is 34.4 Å². The second kappa shape index (κ2) is 12.5. The van der Waals surface area contributed by atoms with Crippen LogP contribution in [0.25, 0.3) is 0 Å². The highest BCUT2D eigenvalue weighted by Gasteiger charge is 2.30. The first-order valence-corrected chi connectivity index (χ1v) is 11.0. The molecule has 38 heavy (non-hydrogen) atoms. The predicted octanol–water partition coefficient (Wildman–Crippen LogP) is 5.55. The van der Waals surface area contributed by atoms with Crippen molar-refractivity contribution in [1.29, 1.82) is 0 Å². The number of alkyl halides is 3. The molecule has 0 saturated carbocycles. The van der Waals surface area contributed by atoms with Crippen molar-refractivity contribution in [2.24, 2.45) is 0 Å². The highest BCUT2D eigenvalue weighted by atomic mass is 19.4. The van der Waals surface area contributed by atoms with Crippen LogP contribution in [0.1, 0.15) is 15.9 Å². The first kappa shape index (κ1) is 27.9. The Morgan fingerprint density at radius 3 is 2.34 bits per heavy atom. The smallest absolute Gasteiger partial charge is 0.416 e. The molecule has 200 valence electrons. The van der Waals surface area contributed by atoms with Gasteiger partial charge in [-0.15, -0.1) is 0 Å². The summed E-state index contributed by atoms with van der Waals surface area (Å²) in [5.41, 5.74) is -1.11. The van der Waals surface area contributed by atoms with Crippen LogP contribution in [0.4, 0.5) is 41.6 Å². The Morgan fingerprint density at radius 1 is 0.868 bits per heavy atom. The topological polar surface area (TPSA) is 146 Å². The van der Waals surface area contributed by atoms with Crippen LogP contribution in [0.3, 0.4) is 0 Å². The second-order valence-electron chi connectivity index (χ2n) is 7.64. The molecule has 0 fully saturated rings. The van der Waals surface area contributed by atoms with E-state index in [4.69, 9.17) is 9.47 Å². The maximum atomic E-state index is 13.0. The lowest BCUT2D eigenvalue weighted by Crippen LogP contribution is -2.15. The molecule has 11 nitrogen and oxygen atoms in total. The predicted molar refractivity (Wildman–Crippen MR) is 131 cm³/mol. The highest BCUT2D eigenvalue weighted by molar-refractivity contribution is 5.96. The summed E-state index contributed by atoms with van der Waals surface area (Å²) in [4.78, 5) is 33.0. The van der Waals surface area contributed by atoms with E-state index in [9.17, 15) is 38.2 Å². The Kier molecular flexibility index (Phi) is 9.16. The maximum Gasteiger partial charge on any atom is 0.416 e. The summed E-state index contributed by atoms with van der Waals surface area (Å²) in [6, 6.07) is 13.9. The average Bonchev–Trinajstić information content (AvgIpc) is 2.87. The third-order valence-corrected chi connectivity index (χ3v) is 5.03. The fourth-order valence-corrected chi connectivity index (χ4v) is 3.26. The van der Waals surface area contributed by atoms with Crippen molar-refractivity contribution in [3.63, 3.8) is 0 Å². The largest absolute Gasteiger partial charge is 0.460 e. The van der Waals surface area contributed by atoms with Crippen LogP contribution in [-0.2, 0) is 15.7 Å². The first-order valence-electron chi connectivity index (χ1n) is 11.0. The zero-order valence-corrected chi connectivity index (χ0v) is 19.6. The number of hydrogen-bond donors (Lipinski definition) is 2. The molecule has 0 spiro atoms. The number of nitrogens with zero attached hydrogens (tertiary/aromatic N) is 2. The van der Waals surface area contributed by atoms with E-state index in [-0.39, 0.29) is 49.0 Å². The summed E-state index contributed by atoms with van der Waals surface area (Å²) in [6.45, 7) is 0.0864. The van der Waals surface area contributed by atoms with Crippen LogP contribution in [0.2, 0.25) is 0 Å². The van der Waals surface area contributed by atoms with Gasteiger partial charge < -0.3 is 20.1 Å². The SMILES string of the molecule is O=C(OCCOCCNc1ccc([N+](=O)[O-])cc1[N+](=O)[O-])c1ccccc1Nc1cccc(C(F)(F)F)c1. The minimum Gasteiger partial charge on any atom is -0.460 e. The quantitative estimate of drug-likeness (QED) is 0.132. The van der Waals surface area contributed by atoms with Crippen molar-refractivity contribution in [3.8, 4) is 0 Å². The number of esters is 1. The molecule has 0 radical (unpaired) electrons. The Balaban J connectivity index is 1.47. The van der Waals surface area contributed by atoms with Crippen molar-refractivity contribution < 1.29 is 37.3 Å². The Morgan fingerprint density at radius 2 is 1.63 bits per heavy atom. The van der Waals surface area contributed by atoms with Crippen molar-refractivity contribution in [1.82, 2.24) is 0 Å². The summed E-state index contributed by atoms with van der Waals surface area (Å²) in [7, 11) is 0. The monoisotopic (exact) mass is 534 g/mol. The number of benzene rings is 3. The number of hydrogen-bond acceptors (Lipinski definition) is 9. The minimum atomic E-state index is -4.51. The number of nitrogens with one attached hydrogen (secondary N) is 2. The summed E-state index contributed by atoms with van der Waals surface area (Å²) in [6.07, 6.45) is -4.51. The fourth-order valence-electron chi connectivity index (χ4n) is 3.26. The number of carbonyl (C=O) groups excluding carboxylic acids is 1. The molecule has 3 aromatic carbocycles. The van der Waals surface area contributed by atoms with Gasteiger partial charge in [-0.05, 0) is 36.4 Å². The van der Waals surface area contributed by atoms with E-state index in [1.165, 1.54) is 30.3 Å². The van der Waals surface area contributed by atoms with E-state index in [1.54, 1.807) is 12.1 Å². The molecule has 0 aliphatic heterocycles. The van der Waals surface area contributed by atoms with Gasteiger partial charge in [0.15, 0.2) is 0 Å². The Labute approximate surface area is 213 Å². The summed E-state index contributed by atoms with van der Waals surface area (Å²) < 4.78 is 49.4. The lowest BCUT2D eigenvalue weighted by atomic mass is 10.1. The molecule has 0 unspecified atom stereocenters. The van der Waals surface area contributed by atoms with Gasteiger partial charge in [0, 0.05) is 18.3 Å². The van der Waals surface area contributed by atoms with Crippen molar-refractivity contribution in [2.45, 2.75) is 6.18 Å². The van der Waals surface area contributed by atoms with Crippen LogP contribution >= 0.6 is 0 Å². The number of rotatable bonds is 12. The number of nitro benzene ring substituents is 2. The van der Waals surface area contributed by atoms with Gasteiger partial charge in [-0.25, -0.2) is 4.79 Å². The van der Waals surface area contributed by atoms with Gasteiger partial charge in [-0.2, -0.15) is 13.2 Å². The molecule has 0 atom stereocenters. The van der Waals surface area contributed by atoms with Gasteiger partial charge in [0.25, 0.3) is 11.4 Å². The van der Waals surface area contributed by atoms with Crippen LogP contribution < -0.4 is 10.6 Å². The molecule has 0 aromatic heterocycles. The molecule has 2 N–H and O–H groups in total. The molecule has 3 rings (SSSR count). The van der Waals surface area contributed by atoms with E-state index in [2.05, 4.69) is 10.6 Å². The molecule has 0 aliphatic rings. The second-order valence-corrected chi connectivity index (χ2v) is 7.64. The van der Waals surface area contributed by atoms with E-state index in [1.807, 2.05) is 0 Å². The third kappa shape index (κ3) is 7.64. The first-order chi connectivity index (χ1) is 18.1. The molecule has 3 aromatic rings. The maximum absolute atomic E-state index is 13.0. The average molecular weight is 534 g/mol. The van der Waals surface area contributed by atoms with E-state index >= 15 is 0 Å². The van der Waals surface area contributed by atoms with Gasteiger partial charge >= 0.3 is 12.1 Å². The number of ether oxygens (including phenoxy) is 2. The number of carbonyl (C=O) groups is 1. The molecular weight excluding hydrogens is 513 g/mol. The zero-order valence-electron chi connectivity index (χ0n) is 19.6. The lowest BCUT2D eigenvalue weighted by Gasteiger charge is -2.14. The Bertz CT molecular complexity index is 1320. The highest BCUT2D eigenvalue weighted by Crippen LogP contribution is 2.32. The van der Waals surface area contributed by atoms with Crippen molar-refractivity contribution in [3.05, 3.63) is 98.1 Å². The zero-order chi connectivity index (χ0) is 27.7. The molecule has 14 heteroatoms. The fraction of sp³-hybridized carbons (Fsp3) is 0.208. The number of non-ortho nitro benzene ring substituents is 1. The Hall–Kier alpha value is -4.72. The van der Waals surface area contributed by atoms with E-state index < -0.39 is 38.9 Å². The lowest BCUT2D eigenvalue weighted by molar-refractivity contribution is -0.393. The standard InChI is InChI=1S/C24H21F3N4O7/c25-24(26,27)16-4-3-5-17(14-16)29-20-7-2-1-6-19(20)23(32)38-13-12-37-11-10-28-21-9-8-18(30(33)34)15-22(21)31(35)36/h1-9,14-15,28-29H,10-13H2. The normalized spacial score (nSPS) is 11.0. The molecule has 0 amide bonds. The van der Waals surface area contributed by atoms with Crippen LogP contribution in [0.5, 0.6) is 0 Å².